The van der Waals surface area contributed by atoms with Gasteiger partial charge in [0.2, 0.25) is 17.7 Å². The summed E-state index contributed by atoms with van der Waals surface area (Å²) in [5.41, 5.74) is 1.87. The van der Waals surface area contributed by atoms with Gasteiger partial charge in [-0.3, -0.25) is 24.5 Å². The summed E-state index contributed by atoms with van der Waals surface area (Å²) < 4.78 is 9.99. The molecule has 4 amide bonds. The van der Waals surface area contributed by atoms with E-state index in [1.165, 1.54) is 38.1 Å². The van der Waals surface area contributed by atoms with Crippen molar-refractivity contribution < 1.29 is 38.4 Å². The third-order valence-corrected chi connectivity index (χ3v) is 7.00. The van der Waals surface area contributed by atoms with E-state index in [9.17, 15) is 34.1 Å². The monoisotopic (exact) mass is 647 g/mol. The van der Waals surface area contributed by atoms with Crippen LogP contribution in [0, 0.1) is 10.1 Å². The van der Waals surface area contributed by atoms with Gasteiger partial charge in [0.1, 0.15) is 30.8 Å². The highest BCUT2D eigenvalue weighted by Gasteiger charge is 2.30. The molecule has 47 heavy (non-hydrogen) atoms. The molecule has 0 heterocycles. The summed E-state index contributed by atoms with van der Waals surface area (Å²) in [5.74, 6) is -2.82. The van der Waals surface area contributed by atoms with Crippen LogP contribution < -0.4 is 21.3 Å². The molecular formula is C33H37N5O9. The minimum absolute atomic E-state index is 0.00933. The predicted octanol–water partition coefficient (Wildman–Crippen LogP) is 2.34. The Morgan fingerprint density at radius 2 is 1.15 bits per heavy atom. The van der Waals surface area contributed by atoms with E-state index in [0.29, 0.717) is 11.1 Å². The minimum atomic E-state index is -1.17. The highest BCUT2D eigenvalue weighted by Crippen LogP contribution is 2.14. The van der Waals surface area contributed by atoms with E-state index in [1.54, 1.807) is 54.6 Å². The van der Waals surface area contributed by atoms with Gasteiger partial charge in [-0.15, -0.1) is 0 Å². The normalized spacial score (nSPS) is 13.1. The van der Waals surface area contributed by atoms with Gasteiger partial charge < -0.3 is 30.7 Å². The summed E-state index contributed by atoms with van der Waals surface area (Å²) in [5, 5.41) is 21.1. The van der Waals surface area contributed by atoms with E-state index in [1.807, 2.05) is 6.07 Å². The molecule has 4 atom stereocenters. The highest BCUT2D eigenvalue weighted by atomic mass is 16.6. The first-order chi connectivity index (χ1) is 22.5. The molecule has 0 aliphatic rings. The molecule has 0 aliphatic carbocycles. The van der Waals surface area contributed by atoms with Crippen LogP contribution in [0.3, 0.4) is 0 Å². The molecule has 0 saturated carbocycles. The molecule has 0 aliphatic heterocycles. The van der Waals surface area contributed by atoms with Crippen LogP contribution in [0.15, 0.2) is 84.9 Å². The van der Waals surface area contributed by atoms with E-state index < -0.39 is 58.9 Å². The third-order valence-electron chi connectivity index (χ3n) is 7.00. The fraction of sp³-hybridized carbons (Fsp3) is 0.303. The number of amides is 4. The second-order valence-corrected chi connectivity index (χ2v) is 10.6. The Balaban J connectivity index is 1.64. The first-order valence-corrected chi connectivity index (χ1v) is 14.7. The third kappa shape index (κ3) is 11.6. The van der Waals surface area contributed by atoms with Crippen LogP contribution in [0.4, 0.5) is 10.5 Å². The van der Waals surface area contributed by atoms with Crippen LogP contribution in [0.1, 0.15) is 30.5 Å². The first kappa shape index (κ1) is 35.7. The van der Waals surface area contributed by atoms with Gasteiger partial charge >= 0.3 is 12.1 Å². The number of nitro benzene ring substituents is 1. The molecular weight excluding hydrogens is 610 g/mol. The molecule has 3 aromatic rings. The van der Waals surface area contributed by atoms with Crippen LogP contribution in [0.5, 0.6) is 0 Å². The van der Waals surface area contributed by atoms with Crippen molar-refractivity contribution in [3.63, 3.8) is 0 Å². The quantitative estimate of drug-likeness (QED) is 0.109. The number of esters is 1. The SMILES string of the molecule is COC(=O)[C@H](Cc1ccc([N+](=O)[O-])cc1)NC(=O)[C@H](Cc1ccccc1)NC(=O)[C@H](C)NC(=O)[C@H](C)NC(=O)OCc1ccccc1. The maximum absolute atomic E-state index is 13.5. The van der Waals surface area contributed by atoms with E-state index in [4.69, 9.17) is 9.47 Å². The topological polar surface area (TPSA) is 195 Å². The number of nitrogens with zero attached hydrogens (tertiary/aromatic N) is 1. The number of nitrogens with one attached hydrogen (secondary N) is 4. The van der Waals surface area contributed by atoms with Gasteiger partial charge in [-0.25, -0.2) is 9.59 Å². The van der Waals surface area contributed by atoms with Crippen molar-refractivity contribution >= 4 is 35.5 Å². The maximum atomic E-state index is 13.5. The van der Waals surface area contributed by atoms with Crippen molar-refractivity contribution in [2.24, 2.45) is 0 Å². The Kier molecular flexibility index (Phi) is 13.4. The van der Waals surface area contributed by atoms with Gasteiger partial charge in [0.25, 0.3) is 5.69 Å². The Hall–Kier alpha value is -5.79. The molecule has 0 aromatic heterocycles. The van der Waals surface area contributed by atoms with Crippen molar-refractivity contribution in [2.45, 2.75) is 57.5 Å². The lowest BCUT2D eigenvalue weighted by atomic mass is 10.0. The molecule has 248 valence electrons. The Morgan fingerprint density at radius 3 is 1.72 bits per heavy atom. The lowest BCUT2D eigenvalue weighted by Crippen LogP contribution is -2.57. The minimum Gasteiger partial charge on any atom is -0.467 e. The zero-order valence-electron chi connectivity index (χ0n) is 26.1. The van der Waals surface area contributed by atoms with Gasteiger partial charge in [0.05, 0.1) is 12.0 Å². The van der Waals surface area contributed by atoms with Crippen molar-refractivity contribution in [3.8, 4) is 0 Å². The Morgan fingerprint density at radius 1 is 0.660 bits per heavy atom. The number of non-ortho nitro benzene ring substituents is 1. The van der Waals surface area contributed by atoms with Crippen LogP contribution >= 0.6 is 0 Å². The summed E-state index contributed by atoms with van der Waals surface area (Å²) in [7, 11) is 1.16. The summed E-state index contributed by atoms with van der Waals surface area (Å²) in [6.45, 7) is 2.85. The largest absolute Gasteiger partial charge is 0.467 e. The van der Waals surface area contributed by atoms with Gasteiger partial charge in [-0.2, -0.15) is 0 Å². The number of benzene rings is 3. The standard InChI is InChI=1S/C33H37N5O9/c1-21(34-29(39)22(2)35-33(43)47-20-25-12-8-5-9-13-25)30(40)36-27(18-23-10-6-4-7-11-23)31(41)37-28(32(42)46-3)19-24-14-16-26(17-15-24)38(44)45/h4-17,21-22,27-28H,18-20H2,1-3H3,(H,34,39)(H,35,43)(H,36,40)(H,37,41)/t21-,22-,27-,28-/m0/s1. The number of alkyl carbamates (subject to hydrolysis) is 1. The number of nitro groups is 1. The van der Waals surface area contributed by atoms with E-state index >= 15 is 0 Å². The number of carbonyl (C=O) groups is 5. The maximum Gasteiger partial charge on any atom is 0.408 e. The fourth-order valence-corrected chi connectivity index (χ4v) is 4.36. The number of rotatable bonds is 15. The van der Waals surface area contributed by atoms with Crippen LogP contribution in [0.2, 0.25) is 0 Å². The molecule has 0 radical (unpaired) electrons. The van der Waals surface area contributed by atoms with E-state index in [-0.39, 0.29) is 25.1 Å². The van der Waals surface area contributed by atoms with Crippen molar-refractivity contribution in [1.29, 1.82) is 0 Å². The molecule has 4 N–H and O–H groups in total. The van der Waals surface area contributed by atoms with Gasteiger partial charge in [0.15, 0.2) is 0 Å². The zero-order chi connectivity index (χ0) is 34.3. The lowest BCUT2D eigenvalue weighted by molar-refractivity contribution is -0.384. The van der Waals surface area contributed by atoms with Crippen LogP contribution in [0.25, 0.3) is 0 Å². The van der Waals surface area contributed by atoms with Crippen molar-refractivity contribution in [2.75, 3.05) is 7.11 Å². The highest BCUT2D eigenvalue weighted by molar-refractivity contribution is 5.94. The van der Waals surface area contributed by atoms with Gasteiger partial charge in [-0.1, -0.05) is 72.8 Å². The molecule has 3 aromatic carbocycles. The second-order valence-electron chi connectivity index (χ2n) is 10.6. The lowest BCUT2D eigenvalue weighted by Gasteiger charge is -2.24. The molecule has 0 bridgehead atoms. The smallest absolute Gasteiger partial charge is 0.408 e. The summed E-state index contributed by atoms with van der Waals surface area (Å²) in [6.07, 6.45) is -0.800. The summed E-state index contributed by atoms with van der Waals surface area (Å²) in [4.78, 5) is 74.6. The Bertz CT molecular complexity index is 1540. The molecule has 0 unspecified atom stereocenters. The number of carbonyl (C=O) groups excluding carboxylic acids is 5. The molecule has 14 heteroatoms. The molecule has 0 spiro atoms. The van der Waals surface area contributed by atoms with E-state index in [0.717, 1.165) is 12.7 Å². The van der Waals surface area contributed by atoms with E-state index in [2.05, 4.69) is 21.3 Å². The van der Waals surface area contributed by atoms with Gasteiger partial charge in [0, 0.05) is 25.0 Å². The molecule has 14 nitrogen and oxygen atoms in total. The fourth-order valence-electron chi connectivity index (χ4n) is 4.36. The Labute approximate surface area is 271 Å². The summed E-state index contributed by atoms with van der Waals surface area (Å²) in [6, 6.07) is 18.8. The number of methoxy groups -OCH3 is 1. The number of hydrogen-bond acceptors (Lipinski definition) is 9. The molecule has 0 saturated heterocycles. The molecule has 0 fully saturated rings. The van der Waals surface area contributed by atoms with Crippen molar-refractivity contribution in [3.05, 3.63) is 112 Å². The van der Waals surface area contributed by atoms with Gasteiger partial charge in [-0.05, 0) is 30.5 Å². The van der Waals surface area contributed by atoms with Crippen LogP contribution in [-0.2, 0) is 48.1 Å². The van der Waals surface area contributed by atoms with Crippen LogP contribution in [-0.4, -0.2) is 66.0 Å². The average molecular weight is 648 g/mol. The average Bonchev–Trinajstić information content (AvgIpc) is 3.07. The summed E-state index contributed by atoms with van der Waals surface area (Å²) >= 11 is 0. The predicted molar refractivity (Wildman–Crippen MR) is 170 cm³/mol. The van der Waals surface area contributed by atoms with Crippen molar-refractivity contribution in [1.82, 2.24) is 21.3 Å². The first-order valence-electron chi connectivity index (χ1n) is 14.7. The number of ether oxygens (including phenoxy) is 2. The second kappa shape index (κ2) is 17.6. The zero-order valence-corrected chi connectivity index (χ0v) is 26.1. The molecule has 3 rings (SSSR count). The number of hydrogen-bond donors (Lipinski definition) is 4.